The van der Waals surface area contributed by atoms with Gasteiger partial charge in [-0.2, -0.15) is 11.8 Å². The molecule has 1 aromatic carbocycles. The zero-order valence-corrected chi connectivity index (χ0v) is 11.0. The van der Waals surface area contributed by atoms with E-state index >= 15 is 0 Å². The second-order valence-electron chi connectivity index (χ2n) is 4.32. The van der Waals surface area contributed by atoms with Gasteiger partial charge >= 0.3 is 0 Å². The van der Waals surface area contributed by atoms with Crippen LogP contribution in [0.4, 0.5) is 0 Å². The summed E-state index contributed by atoms with van der Waals surface area (Å²) < 4.78 is 5.11. The van der Waals surface area contributed by atoms with Crippen molar-refractivity contribution in [2.45, 2.75) is 30.9 Å². The van der Waals surface area contributed by atoms with E-state index in [1.165, 1.54) is 12.0 Å². The van der Waals surface area contributed by atoms with Gasteiger partial charge in [0.25, 0.3) is 0 Å². The van der Waals surface area contributed by atoms with E-state index in [9.17, 15) is 4.79 Å². The number of methoxy groups -OCH3 is 1. The Morgan fingerprint density at radius 2 is 2.18 bits per heavy atom. The van der Waals surface area contributed by atoms with E-state index in [1.54, 1.807) is 7.11 Å². The Balaban J connectivity index is 1.82. The van der Waals surface area contributed by atoms with Crippen molar-refractivity contribution < 1.29 is 9.53 Å². The molecule has 1 heterocycles. The van der Waals surface area contributed by atoms with Gasteiger partial charge in [0.15, 0.2) is 0 Å². The van der Waals surface area contributed by atoms with Crippen molar-refractivity contribution in [3.8, 4) is 5.75 Å². The molecule has 1 atom stereocenters. The molecule has 0 radical (unpaired) electrons. The highest BCUT2D eigenvalue weighted by molar-refractivity contribution is 8.00. The molecule has 17 heavy (non-hydrogen) atoms. The van der Waals surface area contributed by atoms with Crippen molar-refractivity contribution >= 4 is 17.5 Å². The molecule has 0 N–H and O–H groups in total. The molecule has 0 spiro atoms. The molecule has 1 saturated heterocycles. The fraction of sp³-hybridized carbons (Fsp3) is 0.500. The number of aryl methyl sites for hydroxylation is 1. The van der Waals surface area contributed by atoms with Crippen LogP contribution in [0.1, 0.15) is 24.8 Å². The first-order chi connectivity index (χ1) is 8.29. The fourth-order valence-electron chi connectivity index (χ4n) is 2.05. The minimum Gasteiger partial charge on any atom is -0.497 e. The topological polar surface area (TPSA) is 26.3 Å². The van der Waals surface area contributed by atoms with Crippen molar-refractivity contribution in [2.75, 3.05) is 12.9 Å². The van der Waals surface area contributed by atoms with Gasteiger partial charge in [-0.05, 0) is 42.7 Å². The number of rotatable bonds is 5. The van der Waals surface area contributed by atoms with E-state index in [2.05, 4.69) is 0 Å². The third kappa shape index (κ3) is 3.50. The van der Waals surface area contributed by atoms with Crippen LogP contribution < -0.4 is 4.74 Å². The first kappa shape index (κ1) is 12.5. The Morgan fingerprint density at radius 3 is 2.76 bits per heavy atom. The standard InChI is InChI=1S/C14H18O2S/c1-16-12-7-4-11(5-8-12)6-9-13(15)14-3-2-10-17-14/h4-5,7-8,14H,2-3,6,9-10H2,1H3. The Hall–Kier alpha value is -0.960. The summed E-state index contributed by atoms with van der Waals surface area (Å²) in [5.74, 6) is 2.44. The summed E-state index contributed by atoms with van der Waals surface area (Å²) in [5, 5.41) is 0.272. The molecule has 92 valence electrons. The van der Waals surface area contributed by atoms with Crippen molar-refractivity contribution in [2.24, 2.45) is 0 Å². The molecule has 1 aromatic rings. The van der Waals surface area contributed by atoms with Crippen LogP contribution in [0.2, 0.25) is 0 Å². The number of carbonyl (C=O) groups is 1. The van der Waals surface area contributed by atoms with Crippen molar-refractivity contribution in [3.05, 3.63) is 29.8 Å². The van der Waals surface area contributed by atoms with Crippen LogP contribution >= 0.6 is 11.8 Å². The largest absolute Gasteiger partial charge is 0.497 e. The maximum Gasteiger partial charge on any atom is 0.146 e. The maximum absolute atomic E-state index is 11.9. The maximum atomic E-state index is 11.9. The molecule has 0 aromatic heterocycles. The monoisotopic (exact) mass is 250 g/mol. The number of ketones is 1. The normalized spacial score (nSPS) is 19.2. The molecular weight excluding hydrogens is 232 g/mol. The molecular formula is C14H18O2S. The zero-order valence-electron chi connectivity index (χ0n) is 10.1. The molecule has 2 nitrogen and oxygen atoms in total. The summed E-state index contributed by atoms with van der Waals surface area (Å²) in [4.78, 5) is 11.9. The van der Waals surface area contributed by atoms with Crippen LogP contribution in [0.3, 0.4) is 0 Å². The highest BCUT2D eigenvalue weighted by Crippen LogP contribution is 2.28. The quantitative estimate of drug-likeness (QED) is 0.803. The average Bonchev–Trinajstić information content (AvgIpc) is 2.90. The van der Waals surface area contributed by atoms with Crippen LogP contribution in [0.15, 0.2) is 24.3 Å². The van der Waals surface area contributed by atoms with E-state index < -0.39 is 0 Å². The number of thioether (sulfide) groups is 1. The van der Waals surface area contributed by atoms with E-state index in [0.717, 1.165) is 24.3 Å². The Labute approximate surface area is 107 Å². The van der Waals surface area contributed by atoms with Crippen LogP contribution in [0, 0.1) is 0 Å². The summed E-state index contributed by atoms with van der Waals surface area (Å²) >= 11 is 1.82. The lowest BCUT2D eigenvalue weighted by atomic mass is 10.0. The molecule has 1 fully saturated rings. The lowest BCUT2D eigenvalue weighted by Gasteiger charge is -2.07. The van der Waals surface area contributed by atoms with Crippen LogP contribution in [-0.4, -0.2) is 23.9 Å². The predicted molar refractivity (Wildman–Crippen MR) is 71.8 cm³/mol. The molecule has 1 aliphatic heterocycles. The zero-order chi connectivity index (χ0) is 12.1. The Bertz CT molecular complexity index is 366. The molecule has 3 heteroatoms. The summed E-state index contributed by atoms with van der Waals surface area (Å²) in [6.07, 6.45) is 3.79. The molecule has 1 unspecified atom stereocenters. The first-order valence-corrected chi connectivity index (χ1v) is 7.12. The van der Waals surface area contributed by atoms with Gasteiger partial charge < -0.3 is 4.74 Å². The van der Waals surface area contributed by atoms with Crippen LogP contribution in [0.25, 0.3) is 0 Å². The molecule has 2 rings (SSSR count). The van der Waals surface area contributed by atoms with Gasteiger partial charge in [-0.25, -0.2) is 0 Å². The summed E-state index contributed by atoms with van der Waals surface area (Å²) in [5.41, 5.74) is 1.21. The van der Waals surface area contributed by atoms with E-state index in [0.29, 0.717) is 12.2 Å². The van der Waals surface area contributed by atoms with Gasteiger partial charge in [-0.3, -0.25) is 4.79 Å². The minimum atomic E-state index is 0.272. The predicted octanol–water partition coefficient (Wildman–Crippen LogP) is 3.09. The summed E-state index contributed by atoms with van der Waals surface area (Å²) in [6, 6.07) is 7.97. The number of carbonyl (C=O) groups excluding carboxylic acids is 1. The van der Waals surface area contributed by atoms with Crippen molar-refractivity contribution in [1.82, 2.24) is 0 Å². The Morgan fingerprint density at radius 1 is 1.41 bits per heavy atom. The highest BCUT2D eigenvalue weighted by atomic mass is 32.2. The fourth-order valence-corrected chi connectivity index (χ4v) is 3.31. The van der Waals surface area contributed by atoms with E-state index in [-0.39, 0.29) is 5.25 Å². The lowest BCUT2D eigenvalue weighted by molar-refractivity contribution is -0.118. The summed E-state index contributed by atoms with van der Waals surface area (Å²) in [7, 11) is 1.66. The molecule has 0 bridgehead atoms. The SMILES string of the molecule is COc1ccc(CCC(=O)C2CCCS2)cc1. The third-order valence-corrected chi connectivity index (χ3v) is 4.53. The molecule has 0 amide bonds. The number of ether oxygens (including phenoxy) is 1. The number of benzene rings is 1. The van der Waals surface area contributed by atoms with Gasteiger partial charge in [0, 0.05) is 6.42 Å². The van der Waals surface area contributed by atoms with Gasteiger partial charge in [0.1, 0.15) is 11.5 Å². The van der Waals surface area contributed by atoms with Gasteiger partial charge in [0.05, 0.1) is 12.4 Å². The minimum absolute atomic E-state index is 0.272. The second-order valence-corrected chi connectivity index (χ2v) is 5.63. The van der Waals surface area contributed by atoms with Gasteiger partial charge in [0.2, 0.25) is 0 Å². The van der Waals surface area contributed by atoms with E-state index in [4.69, 9.17) is 4.74 Å². The molecule has 0 aliphatic carbocycles. The number of hydrogen-bond donors (Lipinski definition) is 0. The third-order valence-electron chi connectivity index (χ3n) is 3.11. The average molecular weight is 250 g/mol. The number of Topliss-reactive ketones (excluding diaryl/α,β-unsaturated/α-hetero) is 1. The van der Waals surface area contributed by atoms with E-state index in [1.807, 2.05) is 36.0 Å². The molecule has 0 saturated carbocycles. The summed E-state index contributed by atoms with van der Waals surface area (Å²) in [6.45, 7) is 0. The highest BCUT2D eigenvalue weighted by Gasteiger charge is 2.22. The number of hydrogen-bond acceptors (Lipinski definition) is 3. The first-order valence-electron chi connectivity index (χ1n) is 6.07. The molecule has 1 aliphatic rings. The smallest absolute Gasteiger partial charge is 0.146 e. The second kappa shape index (κ2) is 6.10. The van der Waals surface area contributed by atoms with Gasteiger partial charge in [-0.1, -0.05) is 12.1 Å². The Kier molecular flexibility index (Phi) is 4.49. The van der Waals surface area contributed by atoms with Crippen molar-refractivity contribution in [1.29, 1.82) is 0 Å². The lowest BCUT2D eigenvalue weighted by Crippen LogP contribution is -2.14. The van der Waals surface area contributed by atoms with Crippen LogP contribution in [-0.2, 0) is 11.2 Å². The van der Waals surface area contributed by atoms with Crippen molar-refractivity contribution in [3.63, 3.8) is 0 Å². The van der Waals surface area contributed by atoms with Crippen LogP contribution in [0.5, 0.6) is 5.75 Å². The van der Waals surface area contributed by atoms with Gasteiger partial charge in [-0.15, -0.1) is 0 Å².